The van der Waals surface area contributed by atoms with Gasteiger partial charge in [0.15, 0.2) is 0 Å². The van der Waals surface area contributed by atoms with Crippen LogP contribution in [0.2, 0.25) is 0 Å². The Bertz CT molecular complexity index is 928. The van der Waals surface area contributed by atoms with Gasteiger partial charge in [0.05, 0.1) is 5.71 Å². The molecule has 0 spiro atoms. The molecule has 1 aromatic carbocycles. The number of piperidine rings is 1. The van der Waals surface area contributed by atoms with Crippen molar-refractivity contribution in [3.8, 4) is 0 Å². The summed E-state index contributed by atoms with van der Waals surface area (Å²) in [6, 6.07) is 16.1. The molecule has 3 aliphatic heterocycles. The summed E-state index contributed by atoms with van der Waals surface area (Å²) in [5, 5.41) is 4.20. The van der Waals surface area contributed by atoms with Crippen LogP contribution < -0.4 is 4.90 Å². The molecule has 4 heterocycles. The third kappa shape index (κ3) is 4.78. The van der Waals surface area contributed by atoms with Gasteiger partial charge in [0, 0.05) is 58.4 Å². The topological polar surface area (TPSA) is 61.3 Å². The monoisotopic (exact) mass is 433 g/mol. The summed E-state index contributed by atoms with van der Waals surface area (Å²) in [5.41, 5.74) is 1.90. The predicted molar refractivity (Wildman–Crippen MR) is 125 cm³/mol. The van der Waals surface area contributed by atoms with Crippen molar-refractivity contribution in [3.63, 3.8) is 0 Å². The Morgan fingerprint density at radius 1 is 1.00 bits per heavy atom. The summed E-state index contributed by atoms with van der Waals surface area (Å²) in [6.07, 6.45) is 4.17. The van der Waals surface area contributed by atoms with Crippen molar-refractivity contribution in [2.75, 3.05) is 50.7 Å². The zero-order valence-electron chi connectivity index (χ0n) is 18.5. The molecule has 2 saturated heterocycles. The van der Waals surface area contributed by atoms with E-state index in [1.54, 1.807) is 0 Å². The standard InChI is InChI=1S/C25H31N5O2/c31-25(23-17-22(27-32-23)21-8-2-1-3-9-21)30-12-6-7-20(19-30)18-28-13-15-29(16-14-28)24-10-4-5-11-26-24/h1-5,8-11,20,23H,6-7,12-19H2. The van der Waals surface area contributed by atoms with Crippen LogP contribution >= 0.6 is 0 Å². The molecule has 0 radical (unpaired) electrons. The first-order valence-electron chi connectivity index (χ1n) is 11.7. The second-order valence-corrected chi connectivity index (χ2v) is 8.97. The fourth-order valence-electron chi connectivity index (χ4n) is 4.99. The van der Waals surface area contributed by atoms with Crippen molar-refractivity contribution in [1.29, 1.82) is 0 Å². The van der Waals surface area contributed by atoms with Crippen LogP contribution in [-0.4, -0.2) is 78.3 Å². The van der Waals surface area contributed by atoms with Gasteiger partial charge in [0.25, 0.3) is 5.91 Å². The molecule has 1 aromatic heterocycles. The summed E-state index contributed by atoms with van der Waals surface area (Å²) >= 11 is 0. The van der Waals surface area contributed by atoms with Gasteiger partial charge in [-0.2, -0.15) is 0 Å². The van der Waals surface area contributed by atoms with Crippen molar-refractivity contribution in [2.24, 2.45) is 11.1 Å². The Kier molecular flexibility index (Phi) is 6.34. The molecule has 0 N–H and O–H groups in total. The van der Waals surface area contributed by atoms with Gasteiger partial charge in [-0.25, -0.2) is 4.98 Å². The number of hydrogen-bond acceptors (Lipinski definition) is 6. The van der Waals surface area contributed by atoms with E-state index >= 15 is 0 Å². The van der Waals surface area contributed by atoms with E-state index in [4.69, 9.17) is 4.84 Å². The lowest BCUT2D eigenvalue weighted by Gasteiger charge is -2.40. The van der Waals surface area contributed by atoms with Crippen LogP contribution in [0, 0.1) is 5.92 Å². The molecule has 7 heteroatoms. The van der Waals surface area contributed by atoms with Gasteiger partial charge >= 0.3 is 0 Å². The molecule has 2 aromatic rings. The molecular formula is C25H31N5O2. The van der Waals surface area contributed by atoms with Gasteiger partial charge in [0.2, 0.25) is 6.10 Å². The minimum Gasteiger partial charge on any atom is -0.382 e. The summed E-state index contributed by atoms with van der Waals surface area (Å²) in [4.78, 5) is 30.0. The number of piperazine rings is 1. The number of anilines is 1. The van der Waals surface area contributed by atoms with Gasteiger partial charge in [-0.05, 0) is 36.5 Å². The second kappa shape index (κ2) is 9.69. The Labute approximate surface area is 189 Å². The third-order valence-corrected chi connectivity index (χ3v) is 6.74. The van der Waals surface area contributed by atoms with Gasteiger partial charge in [-0.3, -0.25) is 9.69 Å². The van der Waals surface area contributed by atoms with Crippen LogP contribution in [0.5, 0.6) is 0 Å². The molecule has 0 bridgehead atoms. The maximum atomic E-state index is 13.1. The SMILES string of the molecule is O=C(C1CC(c2ccccc2)=NO1)N1CCCC(CN2CCN(c3ccccn3)CC2)C1. The van der Waals surface area contributed by atoms with Crippen LogP contribution in [0.15, 0.2) is 59.9 Å². The van der Waals surface area contributed by atoms with Crippen molar-refractivity contribution in [1.82, 2.24) is 14.8 Å². The molecule has 2 atom stereocenters. The second-order valence-electron chi connectivity index (χ2n) is 8.97. The normalized spacial score (nSPS) is 24.2. The number of oxime groups is 1. The number of hydrogen-bond donors (Lipinski definition) is 0. The summed E-state index contributed by atoms with van der Waals surface area (Å²) in [6.45, 7) is 6.78. The average Bonchev–Trinajstić information content (AvgIpc) is 3.36. The Morgan fingerprint density at radius 2 is 1.81 bits per heavy atom. The van der Waals surface area contributed by atoms with E-state index in [2.05, 4.69) is 26.0 Å². The van der Waals surface area contributed by atoms with Crippen molar-refractivity contribution in [2.45, 2.75) is 25.4 Å². The van der Waals surface area contributed by atoms with E-state index in [0.717, 1.165) is 69.3 Å². The molecular weight excluding hydrogens is 402 g/mol. The maximum Gasteiger partial charge on any atom is 0.266 e. The first kappa shape index (κ1) is 20.9. The highest BCUT2D eigenvalue weighted by Crippen LogP contribution is 2.23. The number of pyridine rings is 1. The highest BCUT2D eigenvalue weighted by Gasteiger charge is 2.35. The minimum absolute atomic E-state index is 0.0874. The van der Waals surface area contributed by atoms with Crippen LogP contribution in [0.25, 0.3) is 0 Å². The highest BCUT2D eigenvalue weighted by atomic mass is 16.6. The van der Waals surface area contributed by atoms with E-state index in [0.29, 0.717) is 12.3 Å². The van der Waals surface area contributed by atoms with E-state index in [1.165, 1.54) is 6.42 Å². The molecule has 1 amide bonds. The quantitative estimate of drug-likeness (QED) is 0.726. The van der Waals surface area contributed by atoms with E-state index < -0.39 is 6.10 Å². The van der Waals surface area contributed by atoms with Gasteiger partial charge in [-0.1, -0.05) is 41.6 Å². The lowest BCUT2D eigenvalue weighted by atomic mass is 9.96. The van der Waals surface area contributed by atoms with E-state index in [1.807, 2.05) is 53.6 Å². The smallest absolute Gasteiger partial charge is 0.266 e. The third-order valence-electron chi connectivity index (χ3n) is 6.74. The first-order valence-corrected chi connectivity index (χ1v) is 11.7. The van der Waals surface area contributed by atoms with Gasteiger partial charge in [0.1, 0.15) is 5.82 Å². The molecule has 3 aliphatic rings. The minimum atomic E-state index is -0.481. The predicted octanol–water partition coefficient (Wildman–Crippen LogP) is 2.64. The van der Waals surface area contributed by atoms with Crippen LogP contribution in [0.3, 0.4) is 0 Å². The van der Waals surface area contributed by atoms with E-state index in [9.17, 15) is 4.79 Å². The van der Waals surface area contributed by atoms with Crippen molar-refractivity contribution >= 4 is 17.4 Å². The number of benzene rings is 1. The molecule has 7 nitrogen and oxygen atoms in total. The van der Waals surface area contributed by atoms with E-state index in [-0.39, 0.29) is 5.91 Å². The highest BCUT2D eigenvalue weighted by molar-refractivity contribution is 6.04. The molecule has 0 aliphatic carbocycles. The van der Waals surface area contributed by atoms with Crippen LogP contribution in [0.4, 0.5) is 5.82 Å². The zero-order valence-corrected chi connectivity index (χ0v) is 18.5. The van der Waals surface area contributed by atoms with Gasteiger partial charge in [-0.15, -0.1) is 0 Å². The zero-order chi connectivity index (χ0) is 21.8. The molecule has 2 fully saturated rings. The van der Waals surface area contributed by atoms with Crippen LogP contribution in [-0.2, 0) is 9.63 Å². The Balaban J connectivity index is 1.10. The maximum absolute atomic E-state index is 13.1. The van der Waals surface area contributed by atoms with Crippen molar-refractivity contribution in [3.05, 3.63) is 60.3 Å². The number of amides is 1. The molecule has 2 unspecified atom stereocenters. The average molecular weight is 434 g/mol. The summed E-state index contributed by atoms with van der Waals surface area (Å²) in [7, 11) is 0. The number of likely N-dealkylation sites (tertiary alicyclic amines) is 1. The van der Waals surface area contributed by atoms with Crippen molar-refractivity contribution < 1.29 is 9.63 Å². The molecule has 168 valence electrons. The fraction of sp³-hybridized carbons (Fsp3) is 0.480. The Morgan fingerprint density at radius 3 is 2.59 bits per heavy atom. The number of carbonyl (C=O) groups excluding carboxylic acids is 1. The number of aromatic nitrogens is 1. The molecule has 5 rings (SSSR count). The fourth-order valence-corrected chi connectivity index (χ4v) is 4.99. The lowest BCUT2D eigenvalue weighted by Crippen LogP contribution is -2.51. The summed E-state index contributed by atoms with van der Waals surface area (Å²) in [5.74, 6) is 1.67. The Hall–Kier alpha value is -2.93. The number of rotatable bonds is 5. The molecule has 0 saturated carbocycles. The number of nitrogens with zero attached hydrogens (tertiary/aromatic N) is 5. The molecule has 32 heavy (non-hydrogen) atoms. The number of carbonyl (C=O) groups is 1. The lowest BCUT2D eigenvalue weighted by molar-refractivity contribution is -0.144. The van der Waals surface area contributed by atoms with Gasteiger partial charge < -0.3 is 14.6 Å². The largest absolute Gasteiger partial charge is 0.382 e. The summed E-state index contributed by atoms with van der Waals surface area (Å²) < 4.78 is 0. The first-order chi connectivity index (χ1) is 15.8. The van der Waals surface area contributed by atoms with Crippen LogP contribution in [0.1, 0.15) is 24.8 Å².